The second-order valence-electron chi connectivity index (χ2n) is 4.57. The molecule has 0 aliphatic heterocycles. The molecule has 0 aliphatic carbocycles. The Hall–Kier alpha value is -1.83. The van der Waals surface area contributed by atoms with Crippen LogP contribution in [-0.4, -0.2) is 36.8 Å². The number of hydrogen-bond donors (Lipinski definition) is 1. The lowest BCUT2D eigenvalue weighted by molar-refractivity contribution is -0.136. The Morgan fingerprint density at radius 3 is 2.85 bits per heavy atom. The van der Waals surface area contributed by atoms with E-state index in [-0.39, 0.29) is 12.5 Å². The maximum atomic E-state index is 10.4. The molecule has 0 spiro atoms. The second kappa shape index (κ2) is 6.08. The van der Waals surface area contributed by atoms with E-state index < -0.39 is 5.97 Å². The Bertz CT molecular complexity index is 606. The highest BCUT2D eigenvalue weighted by atomic mass is 32.2. The molecule has 0 unspecified atom stereocenters. The minimum Gasteiger partial charge on any atom is -0.481 e. The summed E-state index contributed by atoms with van der Waals surface area (Å²) >= 11 is 1.23. The third-order valence-electron chi connectivity index (χ3n) is 2.58. The van der Waals surface area contributed by atoms with E-state index in [9.17, 15) is 4.79 Å². The number of thioether (sulfide) groups is 1. The van der Waals surface area contributed by atoms with E-state index in [4.69, 9.17) is 9.52 Å². The standard InChI is InChI=1S/C12H16N4O3S/c1-7(2)16-8(3)6-9(15-16)11-13-14-12(19-11)20-5-4-10(17)18/h6-7H,4-5H2,1-3H3,(H,17,18). The van der Waals surface area contributed by atoms with Crippen LogP contribution in [0.1, 0.15) is 32.0 Å². The molecule has 108 valence electrons. The average molecular weight is 296 g/mol. The fourth-order valence-electron chi connectivity index (χ4n) is 1.71. The van der Waals surface area contributed by atoms with E-state index in [1.165, 1.54) is 11.8 Å². The quantitative estimate of drug-likeness (QED) is 0.818. The molecule has 2 rings (SSSR count). The summed E-state index contributed by atoms with van der Waals surface area (Å²) in [6, 6.07) is 2.15. The van der Waals surface area contributed by atoms with E-state index >= 15 is 0 Å². The molecule has 0 amide bonds. The highest BCUT2D eigenvalue weighted by Crippen LogP contribution is 2.24. The summed E-state index contributed by atoms with van der Waals surface area (Å²) in [5.74, 6) is -0.0926. The van der Waals surface area contributed by atoms with Gasteiger partial charge in [0, 0.05) is 17.5 Å². The van der Waals surface area contributed by atoms with Gasteiger partial charge in [-0.05, 0) is 26.8 Å². The summed E-state index contributed by atoms with van der Waals surface area (Å²) < 4.78 is 7.36. The monoisotopic (exact) mass is 296 g/mol. The number of aromatic nitrogens is 4. The summed E-state index contributed by atoms with van der Waals surface area (Å²) in [6.07, 6.45) is 0.0590. The zero-order chi connectivity index (χ0) is 14.7. The lowest BCUT2D eigenvalue weighted by atomic mass is 10.3. The molecule has 0 radical (unpaired) electrons. The molecule has 2 heterocycles. The van der Waals surface area contributed by atoms with Crippen molar-refractivity contribution in [3.8, 4) is 11.6 Å². The number of aryl methyl sites for hydroxylation is 1. The Kier molecular flexibility index (Phi) is 4.43. The van der Waals surface area contributed by atoms with Gasteiger partial charge in [0.1, 0.15) is 5.69 Å². The normalized spacial score (nSPS) is 11.2. The lowest BCUT2D eigenvalue weighted by Gasteiger charge is -2.06. The van der Waals surface area contributed by atoms with Crippen molar-refractivity contribution in [1.82, 2.24) is 20.0 Å². The molecule has 1 N–H and O–H groups in total. The zero-order valence-electron chi connectivity index (χ0n) is 11.5. The highest BCUT2D eigenvalue weighted by Gasteiger charge is 2.15. The molecule has 7 nitrogen and oxygen atoms in total. The summed E-state index contributed by atoms with van der Waals surface area (Å²) in [4.78, 5) is 10.4. The molecular formula is C12H16N4O3S. The van der Waals surface area contributed by atoms with Crippen molar-refractivity contribution in [2.45, 2.75) is 38.5 Å². The molecule has 0 aliphatic rings. The van der Waals surface area contributed by atoms with E-state index in [1.54, 1.807) is 0 Å². The molecule has 0 bridgehead atoms. The predicted molar refractivity (Wildman–Crippen MR) is 73.6 cm³/mol. The third kappa shape index (κ3) is 3.38. The molecule has 0 atom stereocenters. The average Bonchev–Trinajstić information content (AvgIpc) is 2.95. The van der Waals surface area contributed by atoms with E-state index in [1.807, 2.05) is 31.5 Å². The minimum atomic E-state index is -0.844. The lowest BCUT2D eigenvalue weighted by Crippen LogP contribution is -2.04. The van der Waals surface area contributed by atoms with Gasteiger partial charge < -0.3 is 9.52 Å². The largest absolute Gasteiger partial charge is 0.481 e. The first-order valence-electron chi connectivity index (χ1n) is 6.22. The highest BCUT2D eigenvalue weighted by molar-refractivity contribution is 7.99. The van der Waals surface area contributed by atoms with Crippen LogP contribution in [0.25, 0.3) is 11.6 Å². The van der Waals surface area contributed by atoms with Crippen molar-refractivity contribution in [3.63, 3.8) is 0 Å². The number of aliphatic carboxylic acids is 1. The summed E-state index contributed by atoms with van der Waals surface area (Å²) in [5.41, 5.74) is 1.65. The number of hydrogen-bond acceptors (Lipinski definition) is 6. The number of rotatable bonds is 6. The molecule has 0 saturated heterocycles. The second-order valence-corrected chi connectivity index (χ2v) is 5.62. The van der Waals surface area contributed by atoms with Crippen molar-refractivity contribution in [3.05, 3.63) is 11.8 Å². The first kappa shape index (κ1) is 14.6. The Labute approximate surface area is 120 Å². The summed E-state index contributed by atoms with van der Waals surface area (Å²) in [6.45, 7) is 6.06. The van der Waals surface area contributed by atoms with E-state index in [2.05, 4.69) is 15.3 Å². The van der Waals surface area contributed by atoms with Gasteiger partial charge in [-0.1, -0.05) is 11.8 Å². The maximum absolute atomic E-state index is 10.4. The first-order chi connectivity index (χ1) is 9.47. The van der Waals surface area contributed by atoms with Gasteiger partial charge in [-0.25, -0.2) is 0 Å². The van der Waals surface area contributed by atoms with Crippen molar-refractivity contribution >= 4 is 17.7 Å². The molecular weight excluding hydrogens is 280 g/mol. The van der Waals surface area contributed by atoms with Gasteiger partial charge in [0.15, 0.2) is 0 Å². The van der Waals surface area contributed by atoms with Gasteiger partial charge in [-0.3, -0.25) is 9.48 Å². The fourth-order valence-corrected chi connectivity index (χ4v) is 2.40. The summed E-state index contributed by atoms with van der Waals surface area (Å²) in [7, 11) is 0. The van der Waals surface area contributed by atoms with Crippen molar-refractivity contribution in [2.24, 2.45) is 0 Å². The third-order valence-corrected chi connectivity index (χ3v) is 3.40. The summed E-state index contributed by atoms with van der Waals surface area (Å²) in [5, 5.41) is 21.2. The van der Waals surface area contributed by atoms with Crippen LogP contribution in [0, 0.1) is 6.92 Å². The van der Waals surface area contributed by atoms with Gasteiger partial charge >= 0.3 is 5.97 Å². The van der Waals surface area contributed by atoms with Crippen LogP contribution in [0.4, 0.5) is 0 Å². The molecule has 2 aromatic rings. The van der Waals surface area contributed by atoms with Crippen molar-refractivity contribution < 1.29 is 14.3 Å². The maximum Gasteiger partial charge on any atom is 0.304 e. The van der Waals surface area contributed by atoms with Crippen LogP contribution >= 0.6 is 11.8 Å². The topological polar surface area (TPSA) is 94.0 Å². The van der Waals surface area contributed by atoms with Gasteiger partial charge in [0.2, 0.25) is 0 Å². The molecule has 0 fully saturated rings. The zero-order valence-corrected chi connectivity index (χ0v) is 12.3. The van der Waals surface area contributed by atoms with E-state index in [0.717, 1.165) is 5.69 Å². The van der Waals surface area contributed by atoms with Gasteiger partial charge in [0.25, 0.3) is 11.1 Å². The smallest absolute Gasteiger partial charge is 0.304 e. The Balaban J connectivity index is 2.08. The van der Waals surface area contributed by atoms with Crippen LogP contribution in [0.5, 0.6) is 0 Å². The predicted octanol–water partition coefficient (Wildman–Crippen LogP) is 2.39. The molecule has 20 heavy (non-hydrogen) atoms. The first-order valence-corrected chi connectivity index (χ1v) is 7.20. The molecule has 8 heteroatoms. The number of nitrogens with zero attached hydrogens (tertiary/aromatic N) is 4. The number of carboxylic acid groups (broad SMARTS) is 1. The molecule has 0 aromatic carbocycles. The Morgan fingerprint density at radius 2 is 2.25 bits per heavy atom. The SMILES string of the molecule is Cc1cc(-c2nnc(SCCC(=O)O)o2)nn1C(C)C. The number of carbonyl (C=O) groups is 1. The Morgan fingerprint density at radius 1 is 1.50 bits per heavy atom. The van der Waals surface area contributed by atoms with Crippen LogP contribution in [-0.2, 0) is 4.79 Å². The molecule has 2 aromatic heterocycles. The van der Waals surface area contributed by atoms with Crippen LogP contribution in [0.15, 0.2) is 15.7 Å². The van der Waals surface area contributed by atoms with Crippen LogP contribution in [0.3, 0.4) is 0 Å². The van der Waals surface area contributed by atoms with Gasteiger partial charge in [0.05, 0.1) is 6.42 Å². The van der Waals surface area contributed by atoms with Gasteiger partial charge in [-0.15, -0.1) is 10.2 Å². The van der Waals surface area contributed by atoms with Crippen LogP contribution < -0.4 is 0 Å². The van der Waals surface area contributed by atoms with Crippen molar-refractivity contribution in [2.75, 3.05) is 5.75 Å². The fraction of sp³-hybridized carbons (Fsp3) is 0.500. The molecule has 0 saturated carbocycles. The van der Waals surface area contributed by atoms with E-state index in [0.29, 0.717) is 22.6 Å². The number of carboxylic acids is 1. The van der Waals surface area contributed by atoms with Gasteiger partial charge in [-0.2, -0.15) is 5.10 Å². The minimum absolute atomic E-state index is 0.0590. The van der Waals surface area contributed by atoms with Crippen LogP contribution in [0.2, 0.25) is 0 Å². The van der Waals surface area contributed by atoms with Crippen molar-refractivity contribution in [1.29, 1.82) is 0 Å².